The Hall–Kier alpha value is -2.06. The molecule has 1 aromatic heterocycles. The molecule has 0 aliphatic carbocycles. The van der Waals surface area contributed by atoms with Crippen LogP contribution in [0.2, 0.25) is 0 Å². The van der Waals surface area contributed by atoms with E-state index >= 15 is 0 Å². The van der Waals surface area contributed by atoms with Gasteiger partial charge in [-0.3, -0.25) is 14.3 Å². The van der Waals surface area contributed by atoms with E-state index < -0.39 is 12.7 Å². The summed E-state index contributed by atoms with van der Waals surface area (Å²) in [6.45, 7) is 4.40. The summed E-state index contributed by atoms with van der Waals surface area (Å²) in [7, 11) is 1.70. The molecule has 0 amide bonds. The first-order valence-corrected chi connectivity index (χ1v) is 9.01. The van der Waals surface area contributed by atoms with Crippen LogP contribution >= 0.6 is 0 Å². The van der Waals surface area contributed by atoms with Crippen molar-refractivity contribution in [2.24, 2.45) is 12.8 Å². The molecule has 0 spiro atoms. The fourth-order valence-electron chi connectivity index (χ4n) is 3.74. The van der Waals surface area contributed by atoms with Crippen molar-refractivity contribution in [2.75, 3.05) is 37.6 Å². The number of fused-ring (bicyclic) bond motifs is 1. The van der Waals surface area contributed by atoms with Gasteiger partial charge in [-0.25, -0.2) is 0 Å². The van der Waals surface area contributed by atoms with Gasteiger partial charge in [0.1, 0.15) is 5.82 Å². The molecular weight excluding hydrogens is 357 g/mol. The second-order valence-corrected chi connectivity index (χ2v) is 7.35. The summed E-state index contributed by atoms with van der Waals surface area (Å²) in [5.74, 6) is 0.713. The minimum Gasteiger partial charge on any atom is -0.355 e. The van der Waals surface area contributed by atoms with Crippen molar-refractivity contribution < 1.29 is 13.2 Å². The van der Waals surface area contributed by atoms with E-state index in [1.54, 1.807) is 11.6 Å². The number of piperazine rings is 1. The number of aryl methyl sites for hydroxylation is 1. The molecule has 1 aromatic carbocycles. The molecule has 1 saturated heterocycles. The van der Waals surface area contributed by atoms with Crippen LogP contribution in [0.25, 0.3) is 10.8 Å². The van der Waals surface area contributed by atoms with Crippen molar-refractivity contribution in [3.8, 4) is 0 Å². The van der Waals surface area contributed by atoms with Gasteiger partial charge in [0.2, 0.25) is 0 Å². The fraction of sp³-hybridized carbons (Fsp3) is 0.526. The number of halogens is 3. The minimum absolute atomic E-state index is 0.120. The Morgan fingerprint density at radius 2 is 1.74 bits per heavy atom. The van der Waals surface area contributed by atoms with E-state index in [0.717, 1.165) is 16.5 Å². The highest BCUT2D eigenvalue weighted by Crippen LogP contribution is 2.27. The van der Waals surface area contributed by atoms with E-state index in [4.69, 9.17) is 5.73 Å². The molecular formula is C19H25F3N4O. The lowest BCUT2D eigenvalue weighted by Gasteiger charge is -2.37. The molecule has 0 radical (unpaired) electrons. The summed E-state index contributed by atoms with van der Waals surface area (Å²) in [5.41, 5.74) is 7.86. The first-order valence-electron chi connectivity index (χ1n) is 9.01. The lowest BCUT2D eigenvalue weighted by Crippen LogP contribution is -2.50. The van der Waals surface area contributed by atoms with Crippen LogP contribution in [0.4, 0.5) is 19.0 Å². The molecule has 27 heavy (non-hydrogen) atoms. The third kappa shape index (κ3) is 4.11. The minimum atomic E-state index is -4.19. The molecule has 148 valence electrons. The van der Waals surface area contributed by atoms with Crippen LogP contribution in [0.3, 0.4) is 0 Å². The van der Waals surface area contributed by atoms with Gasteiger partial charge in [0, 0.05) is 44.7 Å². The standard InChI is InChI=1S/C19H25F3N4O/c1-12-8-14(13(2)23)15-10-17(24(3)18(27)16(15)9-12)26-6-4-25(5-7-26)11-19(20,21)22/h8-10,13H,4-7,11,23H2,1-3H3. The Labute approximate surface area is 156 Å². The van der Waals surface area contributed by atoms with Crippen molar-refractivity contribution in [3.05, 3.63) is 39.7 Å². The topological polar surface area (TPSA) is 54.5 Å². The van der Waals surface area contributed by atoms with E-state index in [1.165, 1.54) is 4.90 Å². The lowest BCUT2D eigenvalue weighted by atomic mass is 9.98. The molecule has 0 bridgehead atoms. The predicted octanol–water partition coefficient (Wildman–Crippen LogP) is 2.55. The highest BCUT2D eigenvalue weighted by Gasteiger charge is 2.32. The first kappa shape index (κ1) is 19.7. The second kappa shape index (κ2) is 7.16. The molecule has 1 aliphatic heterocycles. The third-order valence-corrected chi connectivity index (χ3v) is 5.10. The zero-order valence-corrected chi connectivity index (χ0v) is 15.8. The highest BCUT2D eigenvalue weighted by atomic mass is 19.4. The summed E-state index contributed by atoms with van der Waals surface area (Å²) in [4.78, 5) is 16.3. The average Bonchev–Trinajstić information content (AvgIpc) is 2.57. The van der Waals surface area contributed by atoms with Gasteiger partial charge in [-0.05, 0) is 42.5 Å². The first-order chi connectivity index (χ1) is 12.6. The van der Waals surface area contributed by atoms with Crippen molar-refractivity contribution >= 4 is 16.6 Å². The van der Waals surface area contributed by atoms with Crippen LogP contribution in [0.5, 0.6) is 0 Å². The quantitative estimate of drug-likeness (QED) is 0.887. The van der Waals surface area contributed by atoms with Crippen molar-refractivity contribution in [1.82, 2.24) is 9.47 Å². The van der Waals surface area contributed by atoms with Crippen LogP contribution in [-0.4, -0.2) is 48.4 Å². The van der Waals surface area contributed by atoms with Crippen LogP contribution in [0.1, 0.15) is 24.1 Å². The van der Waals surface area contributed by atoms with Crippen molar-refractivity contribution in [2.45, 2.75) is 26.1 Å². The molecule has 1 aliphatic rings. The number of anilines is 1. The van der Waals surface area contributed by atoms with Crippen molar-refractivity contribution in [3.63, 3.8) is 0 Å². The second-order valence-electron chi connectivity index (χ2n) is 7.35. The maximum absolute atomic E-state index is 12.9. The number of nitrogens with two attached hydrogens (primary N) is 1. The Morgan fingerprint density at radius 3 is 2.30 bits per heavy atom. The van der Waals surface area contributed by atoms with Gasteiger partial charge in [0.15, 0.2) is 0 Å². The summed E-state index contributed by atoms with van der Waals surface area (Å²) in [6.07, 6.45) is -4.19. The number of benzene rings is 1. The van der Waals surface area contributed by atoms with Crippen molar-refractivity contribution in [1.29, 1.82) is 0 Å². The SMILES string of the molecule is Cc1cc(C(C)N)c2cc(N3CCN(CC(F)(F)F)CC3)n(C)c(=O)c2c1. The zero-order chi connectivity index (χ0) is 19.9. The molecule has 8 heteroatoms. The van der Waals surface area contributed by atoms with Gasteiger partial charge >= 0.3 is 6.18 Å². The Kier molecular flexibility index (Phi) is 5.22. The number of hydrogen-bond donors (Lipinski definition) is 1. The molecule has 2 aromatic rings. The molecule has 5 nitrogen and oxygen atoms in total. The van der Waals surface area contributed by atoms with Crippen LogP contribution < -0.4 is 16.2 Å². The molecule has 1 fully saturated rings. The number of pyridine rings is 1. The van der Waals surface area contributed by atoms with Gasteiger partial charge < -0.3 is 10.6 Å². The molecule has 1 unspecified atom stereocenters. The van der Waals surface area contributed by atoms with Crippen LogP contribution in [0, 0.1) is 6.92 Å². The number of nitrogens with zero attached hydrogens (tertiary/aromatic N) is 3. The molecule has 0 saturated carbocycles. The maximum Gasteiger partial charge on any atom is 0.401 e. The summed E-state index contributed by atoms with van der Waals surface area (Å²) in [5, 5.41) is 1.43. The maximum atomic E-state index is 12.9. The van der Waals surface area contributed by atoms with E-state index in [2.05, 4.69) is 0 Å². The number of hydrogen-bond acceptors (Lipinski definition) is 4. The largest absolute Gasteiger partial charge is 0.401 e. The predicted molar refractivity (Wildman–Crippen MR) is 101 cm³/mol. The number of alkyl halides is 3. The smallest absolute Gasteiger partial charge is 0.355 e. The Balaban J connectivity index is 1.96. The van der Waals surface area contributed by atoms with Crippen LogP contribution in [0.15, 0.2) is 23.0 Å². The van der Waals surface area contributed by atoms with Crippen LogP contribution in [-0.2, 0) is 7.05 Å². The molecule has 1 atom stereocenters. The number of aromatic nitrogens is 1. The summed E-state index contributed by atoms with van der Waals surface area (Å²) < 4.78 is 39.4. The highest BCUT2D eigenvalue weighted by molar-refractivity contribution is 5.88. The van der Waals surface area contributed by atoms with E-state index in [9.17, 15) is 18.0 Å². The normalized spacial score (nSPS) is 17.5. The summed E-state index contributed by atoms with van der Waals surface area (Å²) in [6, 6.07) is 5.55. The third-order valence-electron chi connectivity index (χ3n) is 5.10. The van der Waals surface area contributed by atoms with Gasteiger partial charge in [-0.15, -0.1) is 0 Å². The van der Waals surface area contributed by atoms with Gasteiger partial charge in [-0.2, -0.15) is 13.2 Å². The number of rotatable bonds is 3. The molecule has 3 rings (SSSR count). The van der Waals surface area contributed by atoms with E-state index in [0.29, 0.717) is 37.4 Å². The van der Waals surface area contributed by atoms with E-state index in [1.807, 2.05) is 36.9 Å². The zero-order valence-electron chi connectivity index (χ0n) is 15.8. The Morgan fingerprint density at radius 1 is 1.11 bits per heavy atom. The Bertz CT molecular complexity index is 896. The van der Waals surface area contributed by atoms with Gasteiger partial charge in [0.05, 0.1) is 6.54 Å². The fourth-order valence-corrected chi connectivity index (χ4v) is 3.74. The monoisotopic (exact) mass is 382 g/mol. The molecule has 2 N–H and O–H groups in total. The van der Waals surface area contributed by atoms with Gasteiger partial charge in [-0.1, -0.05) is 6.07 Å². The van der Waals surface area contributed by atoms with Gasteiger partial charge in [0.25, 0.3) is 5.56 Å². The lowest BCUT2D eigenvalue weighted by molar-refractivity contribution is -0.146. The summed E-state index contributed by atoms with van der Waals surface area (Å²) >= 11 is 0. The van der Waals surface area contributed by atoms with E-state index in [-0.39, 0.29) is 11.6 Å². The average molecular weight is 382 g/mol. The molecule has 2 heterocycles.